The number of piperazine rings is 1. The molecule has 0 radical (unpaired) electrons. The third-order valence-electron chi connectivity index (χ3n) is 4.79. The number of carbonyl (C=O) groups is 1. The molecule has 0 unspecified atom stereocenters. The highest BCUT2D eigenvalue weighted by molar-refractivity contribution is 6.30. The molecule has 6 nitrogen and oxygen atoms in total. The van der Waals surface area contributed by atoms with Crippen LogP contribution >= 0.6 is 11.6 Å². The third-order valence-corrected chi connectivity index (χ3v) is 5.03. The van der Waals surface area contributed by atoms with Crippen LogP contribution in [0.5, 0.6) is 0 Å². The van der Waals surface area contributed by atoms with Crippen molar-refractivity contribution in [2.75, 3.05) is 36.4 Å². The summed E-state index contributed by atoms with van der Waals surface area (Å²) in [4.78, 5) is 21.1. The maximum absolute atomic E-state index is 13.0. The van der Waals surface area contributed by atoms with E-state index in [2.05, 4.69) is 26.2 Å². The Balaban J connectivity index is 1.30. The van der Waals surface area contributed by atoms with E-state index in [0.29, 0.717) is 18.1 Å². The molecule has 8 heteroatoms. The van der Waals surface area contributed by atoms with Crippen molar-refractivity contribution in [3.63, 3.8) is 0 Å². The van der Waals surface area contributed by atoms with Gasteiger partial charge in [-0.2, -0.15) is 0 Å². The predicted molar refractivity (Wildman–Crippen MR) is 110 cm³/mol. The third kappa shape index (κ3) is 4.93. The van der Waals surface area contributed by atoms with Crippen molar-refractivity contribution in [3.05, 3.63) is 77.2 Å². The first-order valence-corrected chi connectivity index (χ1v) is 9.69. The molecule has 0 aliphatic carbocycles. The Bertz CT molecular complexity index is 984. The fraction of sp³-hybridized carbons (Fsp3) is 0.238. The summed E-state index contributed by atoms with van der Waals surface area (Å²) >= 11 is 6.08. The lowest BCUT2D eigenvalue weighted by molar-refractivity contribution is 0.102. The number of aromatic nitrogens is 1. The second-order valence-corrected chi connectivity index (χ2v) is 7.27. The number of halogens is 2. The number of oxazole rings is 1. The molecule has 1 aliphatic rings. The predicted octanol–water partition coefficient (Wildman–Crippen LogP) is 4.04. The zero-order valence-corrected chi connectivity index (χ0v) is 16.4. The van der Waals surface area contributed by atoms with Gasteiger partial charge in [-0.1, -0.05) is 17.7 Å². The minimum absolute atomic E-state index is 0.196. The average Bonchev–Trinajstić information content (AvgIpc) is 3.19. The first-order chi connectivity index (χ1) is 14.1. The Hall–Kier alpha value is -2.90. The van der Waals surface area contributed by atoms with Gasteiger partial charge in [0.05, 0.1) is 6.54 Å². The van der Waals surface area contributed by atoms with Crippen LogP contribution in [0.2, 0.25) is 5.02 Å². The minimum atomic E-state index is -0.391. The zero-order valence-electron chi connectivity index (χ0n) is 15.6. The quantitative estimate of drug-likeness (QED) is 0.682. The highest BCUT2D eigenvalue weighted by Crippen LogP contribution is 2.21. The van der Waals surface area contributed by atoms with Crippen LogP contribution in [-0.4, -0.2) is 42.0 Å². The molecule has 150 valence electrons. The Labute approximate surface area is 172 Å². The van der Waals surface area contributed by atoms with E-state index in [1.165, 1.54) is 30.5 Å². The standard InChI is InChI=1S/C21H20ClFN4O2/c22-15-2-1-3-18(12-15)27-10-8-26(9-11-27)13-20-25-19(14-29-20)21(28)24-17-6-4-16(23)5-7-17/h1-7,12,14H,8-11,13H2,(H,24,28). The van der Waals surface area contributed by atoms with E-state index in [-0.39, 0.29) is 11.5 Å². The van der Waals surface area contributed by atoms with Gasteiger partial charge in [0.15, 0.2) is 5.69 Å². The summed E-state index contributed by atoms with van der Waals surface area (Å²) in [5.41, 5.74) is 1.81. The molecule has 2 aromatic carbocycles. The Morgan fingerprint density at radius 3 is 2.62 bits per heavy atom. The molecule has 0 saturated carbocycles. The van der Waals surface area contributed by atoms with E-state index in [1.807, 2.05) is 18.2 Å². The molecule has 1 aliphatic heterocycles. The summed E-state index contributed by atoms with van der Waals surface area (Å²) < 4.78 is 18.4. The van der Waals surface area contributed by atoms with Crippen molar-refractivity contribution in [3.8, 4) is 0 Å². The average molecular weight is 415 g/mol. The number of rotatable bonds is 5. The van der Waals surface area contributed by atoms with Crippen molar-refractivity contribution >= 4 is 28.9 Å². The second kappa shape index (κ2) is 8.63. The molecule has 1 N–H and O–H groups in total. The number of nitrogens with zero attached hydrogens (tertiary/aromatic N) is 3. The first-order valence-electron chi connectivity index (χ1n) is 9.31. The summed E-state index contributed by atoms with van der Waals surface area (Å²) in [5.74, 6) is -0.259. The van der Waals surface area contributed by atoms with Crippen molar-refractivity contribution in [1.82, 2.24) is 9.88 Å². The molecule has 3 aromatic rings. The fourth-order valence-electron chi connectivity index (χ4n) is 3.24. The van der Waals surface area contributed by atoms with Crippen LogP contribution in [0.15, 0.2) is 59.2 Å². The van der Waals surface area contributed by atoms with Gasteiger partial charge in [-0.05, 0) is 42.5 Å². The van der Waals surface area contributed by atoms with E-state index < -0.39 is 5.91 Å². The molecular formula is C21H20ClFN4O2. The van der Waals surface area contributed by atoms with Crippen LogP contribution in [0.4, 0.5) is 15.8 Å². The van der Waals surface area contributed by atoms with E-state index in [9.17, 15) is 9.18 Å². The molecule has 1 amide bonds. The SMILES string of the molecule is O=C(Nc1ccc(F)cc1)c1coc(CN2CCN(c3cccc(Cl)c3)CC2)n1. The number of carbonyl (C=O) groups excluding carboxylic acids is 1. The highest BCUT2D eigenvalue weighted by atomic mass is 35.5. The largest absolute Gasteiger partial charge is 0.447 e. The minimum Gasteiger partial charge on any atom is -0.447 e. The molecule has 0 atom stereocenters. The maximum Gasteiger partial charge on any atom is 0.277 e. The Morgan fingerprint density at radius 2 is 1.90 bits per heavy atom. The van der Waals surface area contributed by atoms with Gasteiger partial charge in [-0.15, -0.1) is 0 Å². The lowest BCUT2D eigenvalue weighted by Gasteiger charge is -2.35. The van der Waals surface area contributed by atoms with Crippen LogP contribution in [-0.2, 0) is 6.54 Å². The first kappa shape index (κ1) is 19.4. The molecule has 1 fully saturated rings. The van der Waals surface area contributed by atoms with Crippen LogP contribution in [0.25, 0.3) is 0 Å². The fourth-order valence-corrected chi connectivity index (χ4v) is 3.43. The number of anilines is 2. The van der Waals surface area contributed by atoms with E-state index >= 15 is 0 Å². The lowest BCUT2D eigenvalue weighted by atomic mass is 10.2. The number of hydrogen-bond donors (Lipinski definition) is 1. The van der Waals surface area contributed by atoms with Gasteiger partial charge in [0.1, 0.15) is 12.1 Å². The van der Waals surface area contributed by atoms with Gasteiger partial charge in [0, 0.05) is 42.6 Å². The molecule has 0 bridgehead atoms. The topological polar surface area (TPSA) is 61.6 Å². The van der Waals surface area contributed by atoms with Gasteiger partial charge in [0.25, 0.3) is 5.91 Å². The monoisotopic (exact) mass is 414 g/mol. The van der Waals surface area contributed by atoms with Crippen LogP contribution < -0.4 is 10.2 Å². The number of benzene rings is 2. The van der Waals surface area contributed by atoms with Crippen molar-refractivity contribution in [1.29, 1.82) is 0 Å². The summed E-state index contributed by atoms with van der Waals surface area (Å²) in [7, 11) is 0. The highest BCUT2D eigenvalue weighted by Gasteiger charge is 2.20. The summed E-state index contributed by atoms with van der Waals surface area (Å²) in [6, 6.07) is 13.4. The second-order valence-electron chi connectivity index (χ2n) is 6.83. The van der Waals surface area contributed by atoms with Crippen molar-refractivity contribution in [2.24, 2.45) is 0 Å². The van der Waals surface area contributed by atoms with Gasteiger partial charge in [0.2, 0.25) is 5.89 Å². The number of nitrogens with one attached hydrogen (secondary N) is 1. The van der Waals surface area contributed by atoms with Crippen molar-refractivity contribution in [2.45, 2.75) is 6.54 Å². The zero-order chi connectivity index (χ0) is 20.2. The summed E-state index contributed by atoms with van der Waals surface area (Å²) in [5, 5.41) is 3.40. The van der Waals surface area contributed by atoms with Gasteiger partial charge >= 0.3 is 0 Å². The number of amides is 1. The van der Waals surface area contributed by atoms with Crippen molar-refractivity contribution < 1.29 is 13.6 Å². The normalized spacial score (nSPS) is 14.8. The lowest BCUT2D eigenvalue weighted by Crippen LogP contribution is -2.46. The Kier molecular flexibility index (Phi) is 5.78. The molecule has 2 heterocycles. The molecular weight excluding hydrogens is 395 g/mol. The number of hydrogen-bond acceptors (Lipinski definition) is 5. The maximum atomic E-state index is 13.0. The van der Waals surface area contributed by atoms with E-state index in [1.54, 1.807) is 0 Å². The smallest absolute Gasteiger partial charge is 0.277 e. The van der Waals surface area contributed by atoms with Gasteiger partial charge in [-0.3, -0.25) is 9.69 Å². The Morgan fingerprint density at radius 1 is 1.14 bits per heavy atom. The van der Waals surface area contributed by atoms with Gasteiger partial charge in [-0.25, -0.2) is 9.37 Å². The van der Waals surface area contributed by atoms with Gasteiger partial charge < -0.3 is 14.6 Å². The van der Waals surface area contributed by atoms with E-state index in [4.69, 9.17) is 16.0 Å². The van der Waals surface area contributed by atoms with Crippen LogP contribution in [0.1, 0.15) is 16.4 Å². The molecule has 1 aromatic heterocycles. The summed E-state index contributed by atoms with van der Waals surface area (Å²) in [6.45, 7) is 3.99. The molecule has 4 rings (SSSR count). The van der Waals surface area contributed by atoms with Crippen LogP contribution in [0, 0.1) is 5.82 Å². The molecule has 1 saturated heterocycles. The van der Waals surface area contributed by atoms with Crippen LogP contribution in [0.3, 0.4) is 0 Å². The molecule has 29 heavy (non-hydrogen) atoms. The van der Waals surface area contributed by atoms with E-state index in [0.717, 1.165) is 36.9 Å². The molecule has 0 spiro atoms. The summed E-state index contributed by atoms with van der Waals surface area (Å²) in [6.07, 6.45) is 1.34.